The van der Waals surface area contributed by atoms with Gasteiger partial charge in [-0.1, -0.05) is 54.1 Å². The standard InChI is InChI=1S/C19H24ClNO/c1-19(22-14-13-21(2)3,17-7-5-4-6-8-17)15-16-9-11-18(20)12-10-16/h4-12H,13-15H2,1-3H3. The number of ether oxygens (including phenoxy) is 1. The Morgan fingerprint density at radius 3 is 2.23 bits per heavy atom. The van der Waals surface area contributed by atoms with Gasteiger partial charge in [0.1, 0.15) is 0 Å². The lowest BCUT2D eigenvalue weighted by atomic mass is 9.88. The summed E-state index contributed by atoms with van der Waals surface area (Å²) in [7, 11) is 4.12. The number of halogens is 1. The minimum atomic E-state index is -0.342. The molecule has 2 aromatic carbocycles. The maximum absolute atomic E-state index is 6.29. The van der Waals surface area contributed by atoms with E-state index >= 15 is 0 Å². The van der Waals surface area contributed by atoms with E-state index in [0.717, 1.165) is 18.0 Å². The molecule has 0 aliphatic heterocycles. The number of hydrogen-bond acceptors (Lipinski definition) is 2. The van der Waals surface area contributed by atoms with Gasteiger partial charge in [0.15, 0.2) is 0 Å². The van der Waals surface area contributed by atoms with E-state index in [-0.39, 0.29) is 5.60 Å². The van der Waals surface area contributed by atoms with E-state index in [1.807, 2.05) is 18.2 Å². The van der Waals surface area contributed by atoms with Gasteiger partial charge in [0.25, 0.3) is 0 Å². The van der Waals surface area contributed by atoms with Gasteiger partial charge in [-0.3, -0.25) is 0 Å². The van der Waals surface area contributed by atoms with Crippen LogP contribution in [0.4, 0.5) is 0 Å². The molecule has 0 fully saturated rings. The average molecular weight is 318 g/mol. The Morgan fingerprint density at radius 2 is 1.64 bits per heavy atom. The molecule has 0 saturated carbocycles. The molecule has 1 atom stereocenters. The zero-order chi connectivity index (χ0) is 16.0. The number of hydrogen-bond donors (Lipinski definition) is 0. The summed E-state index contributed by atoms with van der Waals surface area (Å²) in [6.07, 6.45) is 0.821. The van der Waals surface area contributed by atoms with Crippen molar-refractivity contribution in [2.45, 2.75) is 18.9 Å². The first kappa shape index (κ1) is 17.0. The van der Waals surface area contributed by atoms with Crippen molar-refractivity contribution < 1.29 is 4.74 Å². The van der Waals surface area contributed by atoms with Crippen molar-refractivity contribution in [3.63, 3.8) is 0 Å². The Morgan fingerprint density at radius 1 is 1.00 bits per heavy atom. The van der Waals surface area contributed by atoms with E-state index in [4.69, 9.17) is 16.3 Å². The highest BCUT2D eigenvalue weighted by Gasteiger charge is 2.27. The monoisotopic (exact) mass is 317 g/mol. The van der Waals surface area contributed by atoms with Crippen LogP contribution < -0.4 is 0 Å². The van der Waals surface area contributed by atoms with Crippen LogP contribution in [0.3, 0.4) is 0 Å². The van der Waals surface area contributed by atoms with Crippen LogP contribution in [-0.4, -0.2) is 32.1 Å². The van der Waals surface area contributed by atoms with Crippen molar-refractivity contribution >= 4 is 11.6 Å². The quantitative estimate of drug-likeness (QED) is 0.751. The van der Waals surface area contributed by atoms with Crippen molar-refractivity contribution in [1.29, 1.82) is 0 Å². The Kier molecular flexibility index (Phi) is 6.01. The molecule has 0 aliphatic carbocycles. The summed E-state index contributed by atoms with van der Waals surface area (Å²) in [6, 6.07) is 18.4. The highest BCUT2D eigenvalue weighted by atomic mass is 35.5. The fourth-order valence-electron chi connectivity index (χ4n) is 2.47. The SMILES string of the molecule is CN(C)CCOC(C)(Cc1ccc(Cl)cc1)c1ccccc1. The molecule has 0 N–H and O–H groups in total. The smallest absolute Gasteiger partial charge is 0.0944 e. The fraction of sp³-hybridized carbons (Fsp3) is 0.368. The molecule has 0 bridgehead atoms. The first-order valence-electron chi connectivity index (χ1n) is 7.58. The molecule has 0 aliphatic rings. The highest BCUT2D eigenvalue weighted by molar-refractivity contribution is 6.30. The number of benzene rings is 2. The van der Waals surface area contributed by atoms with Crippen LogP contribution in [0.2, 0.25) is 5.02 Å². The minimum absolute atomic E-state index is 0.342. The maximum Gasteiger partial charge on any atom is 0.0944 e. The first-order valence-corrected chi connectivity index (χ1v) is 7.96. The molecule has 0 heterocycles. The summed E-state index contributed by atoms with van der Waals surface area (Å²) in [5.41, 5.74) is 2.08. The Balaban J connectivity index is 2.19. The molecule has 0 aromatic heterocycles. The van der Waals surface area contributed by atoms with Gasteiger partial charge in [0, 0.05) is 18.0 Å². The molecule has 0 spiro atoms. The van der Waals surface area contributed by atoms with E-state index in [2.05, 4.69) is 62.3 Å². The van der Waals surface area contributed by atoms with E-state index in [1.165, 1.54) is 11.1 Å². The Labute approximate surface area is 138 Å². The molecule has 2 rings (SSSR count). The highest BCUT2D eigenvalue weighted by Crippen LogP contribution is 2.30. The van der Waals surface area contributed by atoms with Crippen LogP contribution in [0.1, 0.15) is 18.1 Å². The molecule has 0 saturated heterocycles. The van der Waals surface area contributed by atoms with Crippen molar-refractivity contribution in [3.8, 4) is 0 Å². The number of nitrogens with zero attached hydrogens (tertiary/aromatic N) is 1. The van der Waals surface area contributed by atoms with Gasteiger partial charge < -0.3 is 9.64 Å². The van der Waals surface area contributed by atoms with Crippen molar-refractivity contribution in [2.75, 3.05) is 27.2 Å². The molecule has 2 aromatic rings. The van der Waals surface area contributed by atoms with Crippen LogP contribution in [-0.2, 0) is 16.8 Å². The van der Waals surface area contributed by atoms with Gasteiger partial charge in [-0.2, -0.15) is 0 Å². The molecular weight excluding hydrogens is 294 g/mol. The third-order valence-corrected chi connectivity index (χ3v) is 4.05. The summed E-state index contributed by atoms with van der Waals surface area (Å²) < 4.78 is 6.29. The topological polar surface area (TPSA) is 12.5 Å². The van der Waals surface area contributed by atoms with Gasteiger partial charge in [-0.25, -0.2) is 0 Å². The average Bonchev–Trinajstić information content (AvgIpc) is 2.50. The van der Waals surface area contributed by atoms with Gasteiger partial charge in [-0.15, -0.1) is 0 Å². The predicted molar refractivity (Wildman–Crippen MR) is 93.5 cm³/mol. The Bertz CT molecular complexity index is 568. The number of rotatable bonds is 7. The summed E-state index contributed by atoms with van der Waals surface area (Å²) in [6.45, 7) is 3.77. The van der Waals surface area contributed by atoms with Gasteiger partial charge in [0.05, 0.1) is 12.2 Å². The summed E-state index contributed by atoms with van der Waals surface area (Å²) in [4.78, 5) is 2.13. The molecule has 22 heavy (non-hydrogen) atoms. The van der Waals surface area contributed by atoms with Gasteiger partial charge in [0.2, 0.25) is 0 Å². The summed E-state index contributed by atoms with van der Waals surface area (Å²) >= 11 is 5.98. The summed E-state index contributed by atoms with van der Waals surface area (Å²) in [5, 5.41) is 0.763. The van der Waals surface area contributed by atoms with Crippen LogP contribution in [0, 0.1) is 0 Å². The molecule has 2 nitrogen and oxygen atoms in total. The van der Waals surface area contributed by atoms with Crippen LogP contribution in [0.5, 0.6) is 0 Å². The molecule has 1 unspecified atom stereocenters. The van der Waals surface area contributed by atoms with Crippen LogP contribution in [0.15, 0.2) is 54.6 Å². The van der Waals surface area contributed by atoms with Gasteiger partial charge >= 0.3 is 0 Å². The largest absolute Gasteiger partial charge is 0.369 e. The zero-order valence-corrected chi connectivity index (χ0v) is 14.3. The van der Waals surface area contributed by atoms with Crippen LogP contribution in [0.25, 0.3) is 0 Å². The number of likely N-dealkylation sites (N-methyl/N-ethyl adjacent to an activating group) is 1. The van der Waals surface area contributed by atoms with Crippen LogP contribution >= 0.6 is 11.6 Å². The molecular formula is C19H24ClNO. The van der Waals surface area contributed by atoms with Gasteiger partial charge in [-0.05, 0) is 44.3 Å². The van der Waals surface area contributed by atoms with Crippen molar-refractivity contribution in [3.05, 3.63) is 70.7 Å². The second kappa shape index (κ2) is 7.77. The molecule has 0 radical (unpaired) electrons. The first-order chi connectivity index (χ1) is 10.5. The second-order valence-corrected chi connectivity index (χ2v) is 6.49. The lowest BCUT2D eigenvalue weighted by molar-refractivity contribution is -0.0408. The van der Waals surface area contributed by atoms with E-state index in [9.17, 15) is 0 Å². The minimum Gasteiger partial charge on any atom is -0.369 e. The normalized spacial score (nSPS) is 14.0. The predicted octanol–water partition coefficient (Wildman–Crippen LogP) is 4.38. The van der Waals surface area contributed by atoms with E-state index in [0.29, 0.717) is 6.61 Å². The van der Waals surface area contributed by atoms with Crippen molar-refractivity contribution in [2.24, 2.45) is 0 Å². The fourth-order valence-corrected chi connectivity index (χ4v) is 2.60. The van der Waals surface area contributed by atoms with E-state index in [1.54, 1.807) is 0 Å². The summed E-state index contributed by atoms with van der Waals surface area (Å²) in [5.74, 6) is 0. The van der Waals surface area contributed by atoms with Crippen molar-refractivity contribution in [1.82, 2.24) is 4.90 Å². The lowest BCUT2D eigenvalue weighted by Crippen LogP contribution is -2.32. The Hall–Kier alpha value is -1.35. The maximum atomic E-state index is 6.29. The zero-order valence-electron chi connectivity index (χ0n) is 13.6. The second-order valence-electron chi connectivity index (χ2n) is 6.05. The lowest BCUT2D eigenvalue weighted by Gasteiger charge is -2.31. The van der Waals surface area contributed by atoms with E-state index < -0.39 is 0 Å². The molecule has 3 heteroatoms. The third kappa shape index (κ3) is 4.84. The molecule has 0 amide bonds. The molecule has 118 valence electrons. The third-order valence-electron chi connectivity index (χ3n) is 3.80.